The fraction of sp³-hybridized carbons (Fsp3) is 0.235. The van der Waals surface area contributed by atoms with E-state index in [9.17, 15) is 0 Å². The molecule has 1 aliphatic heterocycles. The molecule has 0 spiro atoms. The molecule has 1 aromatic heterocycles. The molecule has 0 N–H and O–H groups in total. The second kappa shape index (κ2) is 5.47. The van der Waals surface area contributed by atoms with E-state index in [2.05, 4.69) is 11.6 Å². The van der Waals surface area contributed by atoms with Gasteiger partial charge in [-0.2, -0.15) is 0 Å². The second-order valence-electron chi connectivity index (χ2n) is 4.84. The Hall–Kier alpha value is -2.13. The van der Waals surface area contributed by atoms with Gasteiger partial charge in [-0.15, -0.1) is 0 Å². The van der Waals surface area contributed by atoms with E-state index in [0.717, 1.165) is 28.1 Å². The van der Waals surface area contributed by atoms with E-state index in [4.69, 9.17) is 9.47 Å². The highest BCUT2D eigenvalue weighted by atomic mass is 16.5. The number of aromatic nitrogens is 1. The lowest BCUT2D eigenvalue weighted by Crippen LogP contribution is -2.02. The van der Waals surface area contributed by atoms with Crippen molar-refractivity contribution in [1.29, 1.82) is 0 Å². The van der Waals surface area contributed by atoms with Crippen molar-refractivity contribution in [3.63, 3.8) is 0 Å². The quantitative estimate of drug-likeness (QED) is 0.842. The molecule has 2 aromatic rings. The molecule has 0 saturated heterocycles. The molecule has 20 heavy (non-hydrogen) atoms. The highest BCUT2D eigenvalue weighted by Gasteiger charge is 2.25. The minimum absolute atomic E-state index is 0.0791. The van der Waals surface area contributed by atoms with Crippen LogP contribution >= 0.6 is 0 Å². The van der Waals surface area contributed by atoms with Gasteiger partial charge >= 0.3 is 0 Å². The molecule has 1 aromatic carbocycles. The minimum Gasteiger partial charge on any atom is -0.486 e. The third-order valence-corrected chi connectivity index (χ3v) is 3.53. The van der Waals surface area contributed by atoms with Gasteiger partial charge in [-0.25, -0.2) is 0 Å². The third kappa shape index (κ3) is 2.32. The monoisotopic (exact) mass is 267 g/mol. The molecule has 1 unspecified atom stereocenters. The molecule has 2 heterocycles. The number of ether oxygens (including phenoxy) is 2. The van der Waals surface area contributed by atoms with Gasteiger partial charge in [0, 0.05) is 17.3 Å². The number of hydrogen-bond donors (Lipinski definition) is 0. The molecule has 3 nitrogen and oxygen atoms in total. The molecule has 0 fully saturated rings. The van der Waals surface area contributed by atoms with E-state index in [-0.39, 0.29) is 6.10 Å². The van der Waals surface area contributed by atoms with Crippen LogP contribution in [-0.2, 0) is 18.0 Å². The first kappa shape index (κ1) is 12.9. The lowest BCUT2D eigenvalue weighted by Gasteiger charge is -2.13. The lowest BCUT2D eigenvalue weighted by molar-refractivity contribution is 0.0787. The van der Waals surface area contributed by atoms with E-state index >= 15 is 0 Å². The van der Waals surface area contributed by atoms with Crippen molar-refractivity contribution in [2.24, 2.45) is 0 Å². The van der Waals surface area contributed by atoms with Gasteiger partial charge in [0.15, 0.2) is 5.75 Å². The van der Waals surface area contributed by atoms with Gasteiger partial charge in [0.25, 0.3) is 0 Å². The van der Waals surface area contributed by atoms with Crippen LogP contribution < -0.4 is 4.74 Å². The van der Waals surface area contributed by atoms with Crippen molar-refractivity contribution in [3.05, 3.63) is 65.5 Å². The summed E-state index contributed by atoms with van der Waals surface area (Å²) in [6.07, 6.45) is 3.67. The zero-order chi connectivity index (χ0) is 13.9. The molecule has 0 saturated carbocycles. The Morgan fingerprint density at radius 1 is 1.40 bits per heavy atom. The van der Waals surface area contributed by atoms with Gasteiger partial charge in [0.2, 0.25) is 0 Å². The van der Waals surface area contributed by atoms with Crippen LogP contribution in [0.25, 0.3) is 6.08 Å². The second-order valence-corrected chi connectivity index (χ2v) is 4.84. The van der Waals surface area contributed by atoms with Gasteiger partial charge in [-0.05, 0) is 18.6 Å². The van der Waals surface area contributed by atoms with E-state index < -0.39 is 0 Å². The van der Waals surface area contributed by atoms with Crippen molar-refractivity contribution in [2.45, 2.75) is 26.2 Å². The van der Waals surface area contributed by atoms with Crippen LogP contribution in [0.1, 0.15) is 35.4 Å². The number of nitrogens with zero attached hydrogens (tertiary/aromatic N) is 1. The van der Waals surface area contributed by atoms with Crippen molar-refractivity contribution < 1.29 is 9.47 Å². The Labute approximate surface area is 118 Å². The Morgan fingerprint density at radius 3 is 2.95 bits per heavy atom. The van der Waals surface area contributed by atoms with Gasteiger partial charge in [-0.3, -0.25) is 4.98 Å². The van der Waals surface area contributed by atoms with Crippen LogP contribution in [0.4, 0.5) is 0 Å². The molecule has 0 amide bonds. The summed E-state index contributed by atoms with van der Waals surface area (Å²) in [6, 6.07) is 10.1. The first-order valence-electron chi connectivity index (χ1n) is 6.72. The first-order chi connectivity index (χ1) is 9.79. The molecule has 0 aliphatic carbocycles. The van der Waals surface area contributed by atoms with Gasteiger partial charge in [0.05, 0.1) is 12.7 Å². The van der Waals surface area contributed by atoms with Crippen LogP contribution in [-0.4, -0.2) is 4.98 Å². The van der Waals surface area contributed by atoms with Crippen molar-refractivity contribution in [1.82, 2.24) is 4.98 Å². The Bertz CT molecular complexity index is 622. The average molecular weight is 267 g/mol. The molecular weight excluding hydrogens is 250 g/mol. The summed E-state index contributed by atoms with van der Waals surface area (Å²) < 4.78 is 11.7. The maximum Gasteiger partial charge on any atom is 0.151 e. The van der Waals surface area contributed by atoms with E-state index in [1.807, 2.05) is 43.5 Å². The van der Waals surface area contributed by atoms with Crippen LogP contribution in [0.2, 0.25) is 0 Å². The van der Waals surface area contributed by atoms with E-state index in [0.29, 0.717) is 13.2 Å². The topological polar surface area (TPSA) is 31.4 Å². The summed E-state index contributed by atoms with van der Waals surface area (Å²) in [5.41, 5.74) is 4.11. The summed E-state index contributed by atoms with van der Waals surface area (Å²) in [7, 11) is 0. The molecule has 3 heteroatoms. The largest absolute Gasteiger partial charge is 0.486 e. The molecule has 3 rings (SSSR count). The minimum atomic E-state index is 0.0791. The molecule has 0 bridgehead atoms. The summed E-state index contributed by atoms with van der Waals surface area (Å²) in [6.45, 7) is 6.93. The van der Waals surface area contributed by atoms with Crippen molar-refractivity contribution in [2.75, 3.05) is 0 Å². The maximum absolute atomic E-state index is 5.99. The van der Waals surface area contributed by atoms with Crippen molar-refractivity contribution in [3.8, 4) is 5.75 Å². The summed E-state index contributed by atoms with van der Waals surface area (Å²) in [4.78, 5) is 4.41. The van der Waals surface area contributed by atoms with Crippen LogP contribution in [0.5, 0.6) is 5.75 Å². The number of benzene rings is 1. The summed E-state index contributed by atoms with van der Waals surface area (Å²) >= 11 is 0. The van der Waals surface area contributed by atoms with Crippen LogP contribution in [0, 0.1) is 0 Å². The highest BCUT2D eigenvalue weighted by molar-refractivity contribution is 5.57. The zero-order valence-electron chi connectivity index (χ0n) is 11.5. The SMILES string of the molecule is C=Cc1ncc2c(c1OCc1ccccc1)COC2C. The van der Waals surface area contributed by atoms with Crippen molar-refractivity contribution >= 4 is 6.08 Å². The standard InChI is InChI=1S/C17H17NO2/c1-3-16-17(20-10-13-7-5-4-6-8-13)15-11-19-12(2)14(15)9-18-16/h3-9,12H,1,10-11H2,2H3. The summed E-state index contributed by atoms with van der Waals surface area (Å²) in [5, 5.41) is 0. The average Bonchev–Trinajstić information content (AvgIpc) is 2.87. The Morgan fingerprint density at radius 2 is 2.20 bits per heavy atom. The van der Waals surface area contributed by atoms with Crippen LogP contribution in [0.15, 0.2) is 43.1 Å². The predicted molar refractivity (Wildman–Crippen MR) is 78.3 cm³/mol. The summed E-state index contributed by atoms with van der Waals surface area (Å²) in [5.74, 6) is 0.797. The maximum atomic E-state index is 5.99. The molecule has 1 aliphatic rings. The fourth-order valence-corrected chi connectivity index (χ4v) is 2.39. The predicted octanol–water partition coefficient (Wildman–Crippen LogP) is 3.89. The lowest BCUT2D eigenvalue weighted by atomic mass is 10.1. The first-order valence-corrected chi connectivity index (χ1v) is 6.72. The number of hydrogen-bond acceptors (Lipinski definition) is 3. The van der Waals surface area contributed by atoms with Gasteiger partial charge < -0.3 is 9.47 Å². The fourth-order valence-electron chi connectivity index (χ4n) is 2.39. The Kier molecular flexibility index (Phi) is 3.52. The number of pyridine rings is 1. The molecule has 0 radical (unpaired) electrons. The Balaban J connectivity index is 1.90. The van der Waals surface area contributed by atoms with E-state index in [1.54, 1.807) is 6.08 Å². The highest BCUT2D eigenvalue weighted by Crippen LogP contribution is 2.37. The smallest absolute Gasteiger partial charge is 0.151 e. The normalized spacial score (nSPS) is 16.8. The third-order valence-electron chi connectivity index (χ3n) is 3.53. The molecule has 1 atom stereocenters. The van der Waals surface area contributed by atoms with Gasteiger partial charge in [-0.1, -0.05) is 36.9 Å². The number of rotatable bonds is 4. The number of fused-ring (bicyclic) bond motifs is 1. The molecule has 102 valence electrons. The van der Waals surface area contributed by atoms with Gasteiger partial charge in [0.1, 0.15) is 12.3 Å². The molecular formula is C17H17NO2. The van der Waals surface area contributed by atoms with Crippen LogP contribution in [0.3, 0.4) is 0 Å². The zero-order valence-corrected chi connectivity index (χ0v) is 11.5. The van der Waals surface area contributed by atoms with E-state index in [1.165, 1.54) is 0 Å².